The number of nitrogens with one attached hydrogen (secondary N) is 1. The predicted octanol–water partition coefficient (Wildman–Crippen LogP) is 1.69. The van der Waals surface area contributed by atoms with Crippen LogP contribution in [0, 0.1) is 11.3 Å². The molecule has 1 saturated carbocycles. The van der Waals surface area contributed by atoms with Gasteiger partial charge in [-0.3, -0.25) is 4.98 Å². The summed E-state index contributed by atoms with van der Waals surface area (Å²) in [5, 5.41) is 23.1. The molecule has 4 rings (SSSR count). The van der Waals surface area contributed by atoms with Crippen LogP contribution in [-0.2, 0) is 10.0 Å². The van der Waals surface area contributed by atoms with Crippen LogP contribution in [0.3, 0.4) is 0 Å². The van der Waals surface area contributed by atoms with Crippen molar-refractivity contribution in [3.8, 4) is 11.9 Å². The molecule has 2 aromatic heterocycles. The molecule has 1 aliphatic carbocycles. The lowest BCUT2D eigenvalue weighted by molar-refractivity contribution is -0.0271. The number of aromatic nitrogens is 3. The molecule has 0 aromatic carbocycles. The second-order valence-corrected chi connectivity index (χ2v) is 10.3. The number of nitrogens with zero attached hydrogens (tertiary/aromatic N) is 5. The summed E-state index contributed by atoms with van der Waals surface area (Å²) in [5.41, 5.74) is -0.756. The fourth-order valence-corrected chi connectivity index (χ4v) is 5.55. The van der Waals surface area contributed by atoms with E-state index >= 15 is 0 Å². The number of nitriles is 1. The molecule has 2 N–H and O–H groups in total. The Morgan fingerprint density at radius 1 is 1.31 bits per heavy atom. The molecular formula is C21H26N6O4S. The maximum absolute atomic E-state index is 12.8. The number of pyridine rings is 1. The van der Waals surface area contributed by atoms with Gasteiger partial charge in [0.15, 0.2) is 0 Å². The van der Waals surface area contributed by atoms with Crippen LogP contribution in [0.15, 0.2) is 35.6 Å². The minimum atomic E-state index is -3.57. The number of aliphatic hydroxyl groups is 1. The first-order valence-electron chi connectivity index (χ1n) is 10.6. The van der Waals surface area contributed by atoms with E-state index in [1.54, 1.807) is 25.3 Å². The lowest BCUT2D eigenvalue weighted by Crippen LogP contribution is -2.42. The van der Waals surface area contributed by atoms with Gasteiger partial charge in [-0.2, -0.15) is 14.6 Å². The summed E-state index contributed by atoms with van der Waals surface area (Å²) in [6, 6.07) is 5.15. The van der Waals surface area contributed by atoms with Crippen molar-refractivity contribution in [3.05, 3.63) is 36.3 Å². The quantitative estimate of drug-likeness (QED) is 0.661. The van der Waals surface area contributed by atoms with E-state index in [2.05, 4.69) is 20.3 Å². The summed E-state index contributed by atoms with van der Waals surface area (Å²) in [6.45, 7) is 2.45. The molecular weight excluding hydrogens is 432 g/mol. The molecule has 3 heterocycles. The molecule has 2 atom stereocenters. The van der Waals surface area contributed by atoms with E-state index in [1.165, 1.54) is 16.7 Å². The van der Waals surface area contributed by atoms with E-state index < -0.39 is 21.7 Å². The minimum absolute atomic E-state index is 0.0225. The average molecular weight is 459 g/mol. The molecule has 2 fully saturated rings. The van der Waals surface area contributed by atoms with Gasteiger partial charge in [-0.25, -0.2) is 13.4 Å². The van der Waals surface area contributed by atoms with E-state index in [0.29, 0.717) is 44.7 Å². The van der Waals surface area contributed by atoms with Crippen LogP contribution in [0.25, 0.3) is 0 Å². The Kier molecular flexibility index (Phi) is 6.28. The molecule has 1 aliphatic heterocycles. The van der Waals surface area contributed by atoms with Gasteiger partial charge < -0.3 is 15.2 Å². The minimum Gasteiger partial charge on any atom is -0.470 e. The lowest BCUT2D eigenvalue weighted by Gasteiger charge is -2.31. The van der Waals surface area contributed by atoms with Gasteiger partial charge >= 0.3 is 0 Å². The maximum atomic E-state index is 12.8. The molecule has 2 aliphatic rings. The van der Waals surface area contributed by atoms with Crippen molar-refractivity contribution in [3.63, 3.8) is 0 Å². The van der Waals surface area contributed by atoms with E-state index in [0.717, 1.165) is 6.42 Å². The summed E-state index contributed by atoms with van der Waals surface area (Å²) >= 11 is 0. The van der Waals surface area contributed by atoms with Crippen LogP contribution < -0.4 is 10.1 Å². The number of sulfonamides is 1. The highest BCUT2D eigenvalue weighted by molar-refractivity contribution is 7.89. The topological polar surface area (TPSA) is 141 Å². The number of piperidine rings is 1. The van der Waals surface area contributed by atoms with E-state index in [1.807, 2.05) is 6.07 Å². The first-order valence-corrected chi connectivity index (χ1v) is 12.1. The number of rotatable bonds is 6. The van der Waals surface area contributed by atoms with Crippen LogP contribution >= 0.6 is 0 Å². The van der Waals surface area contributed by atoms with Crippen molar-refractivity contribution < 1.29 is 18.3 Å². The molecule has 11 heteroatoms. The van der Waals surface area contributed by atoms with Gasteiger partial charge in [0.25, 0.3) is 0 Å². The van der Waals surface area contributed by atoms with E-state index in [-0.39, 0.29) is 22.4 Å². The Bertz CT molecular complexity index is 1100. The monoisotopic (exact) mass is 458 g/mol. The lowest BCUT2D eigenvalue weighted by atomic mass is 10.0. The summed E-state index contributed by atoms with van der Waals surface area (Å²) in [6.07, 6.45) is 7.19. The van der Waals surface area contributed by atoms with Crippen LogP contribution in [0.4, 0.5) is 5.95 Å². The molecule has 0 bridgehead atoms. The number of anilines is 1. The van der Waals surface area contributed by atoms with Crippen LogP contribution in [0.2, 0.25) is 0 Å². The summed E-state index contributed by atoms with van der Waals surface area (Å²) < 4.78 is 32.9. The highest BCUT2D eigenvalue weighted by atomic mass is 32.2. The molecule has 2 unspecified atom stereocenters. The standard InChI is InChI=1S/C21H26N6O4S/c1-21(28)8-2-5-18(21)31-19-15(12-22)13-24-20(26-19)25-16-6-10-27(11-7-16)32(29,30)17-4-3-9-23-14-17/h3-4,9,13-14,16,18,28H,2,5-8,10-11H2,1H3,(H,24,25,26). The van der Waals surface area contributed by atoms with E-state index in [4.69, 9.17) is 4.74 Å². The van der Waals surface area contributed by atoms with Crippen molar-refractivity contribution in [2.24, 2.45) is 0 Å². The van der Waals surface area contributed by atoms with Gasteiger partial charge in [-0.05, 0) is 51.2 Å². The van der Waals surface area contributed by atoms with Crippen molar-refractivity contribution in [2.45, 2.75) is 61.7 Å². The van der Waals surface area contributed by atoms with Crippen molar-refractivity contribution in [1.29, 1.82) is 5.26 Å². The Morgan fingerprint density at radius 2 is 2.09 bits per heavy atom. The van der Waals surface area contributed by atoms with Crippen molar-refractivity contribution in [1.82, 2.24) is 19.3 Å². The first-order chi connectivity index (χ1) is 15.3. The molecule has 10 nitrogen and oxygen atoms in total. The normalized spacial score (nSPS) is 24.7. The molecule has 2 aromatic rings. The molecule has 0 spiro atoms. The fourth-order valence-electron chi connectivity index (χ4n) is 4.11. The zero-order valence-electron chi connectivity index (χ0n) is 17.8. The number of ether oxygens (including phenoxy) is 1. The highest BCUT2D eigenvalue weighted by Crippen LogP contribution is 2.33. The maximum Gasteiger partial charge on any atom is 0.244 e. The van der Waals surface area contributed by atoms with E-state index in [9.17, 15) is 18.8 Å². The summed E-state index contributed by atoms with van der Waals surface area (Å²) in [4.78, 5) is 12.7. The third-order valence-electron chi connectivity index (χ3n) is 6.03. The molecule has 0 radical (unpaired) electrons. The van der Waals surface area contributed by atoms with Crippen LogP contribution in [0.5, 0.6) is 5.88 Å². The SMILES string of the molecule is CC1(O)CCCC1Oc1nc(NC2CCN(S(=O)(=O)c3cccnc3)CC2)ncc1C#N. The molecule has 1 saturated heterocycles. The van der Waals surface area contributed by atoms with Gasteiger partial charge in [-0.15, -0.1) is 0 Å². The Hall–Kier alpha value is -2.81. The van der Waals surface area contributed by atoms with Gasteiger partial charge in [0, 0.05) is 31.5 Å². The summed E-state index contributed by atoms with van der Waals surface area (Å²) in [5.74, 6) is 0.457. The number of hydrogen-bond acceptors (Lipinski definition) is 9. The molecule has 170 valence electrons. The van der Waals surface area contributed by atoms with Crippen LogP contribution in [0.1, 0.15) is 44.6 Å². The average Bonchev–Trinajstić information content (AvgIpc) is 3.12. The third-order valence-corrected chi connectivity index (χ3v) is 7.91. The second-order valence-electron chi connectivity index (χ2n) is 8.39. The molecule has 0 amide bonds. The Morgan fingerprint density at radius 3 is 2.72 bits per heavy atom. The van der Waals surface area contributed by atoms with Gasteiger partial charge in [0.05, 0.1) is 11.8 Å². The van der Waals surface area contributed by atoms with Gasteiger partial charge in [0.2, 0.25) is 21.9 Å². The largest absolute Gasteiger partial charge is 0.470 e. The smallest absolute Gasteiger partial charge is 0.244 e. The Labute approximate surface area is 187 Å². The fraction of sp³-hybridized carbons (Fsp3) is 0.524. The molecule has 32 heavy (non-hydrogen) atoms. The van der Waals surface area contributed by atoms with Gasteiger partial charge in [0.1, 0.15) is 22.6 Å². The van der Waals surface area contributed by atoms with Crippen molar-refractivity contribution >= 4 is 16.0 Å². The second kappa shape index (κ2) is 8.97. The van der Waals surface area contributed by atoms with Crippen molar-refractivity contribution in [2.75, 3.05) is 18.4 Å². The number of hydrogen-bond donors (Lipinski definition) is 2. The predicted molar refractivity (Wildman–Crippen MR) is 115 cm³/mol. The third kappa shape index (κ3) is 4.67. The summed E-state index contributed by atoms with van der Waals surface area (Å²) in [7, 11) is -3.57. The zero-order valence-corrected chi connectivity index (χ0v) is 18.6. The van der Waals surface area contributed by atoms with Crippen LogP contribution in [-0.4, -0.2) is 63.6 Å². The highest BCUT2D eigenvalue weighted by Gasteiger charge is 2.39. The Balaban J connectivity index is 1.41. The first kappa shape index (κ1) is 22.4. The van der Waals surface area contributed by atoms with Gasteiger partial charge in [-0.1, -0.05) is 0 Å². The zero-order chi connectivity index (χ0) is 22.8.